The summed E-state index contributed by atoms with van der Waals surface area (Å²) in [5, 5.41) is 6.59. The van der Waals surface area contributed by atoms with Gasteiger partial charge in [0.2, 0.25) is 23.6 Å². The summed E-state index contributed by atoms with van der Waals surface area (Å²) in [5.41, 5.74) is 2.75. The van der Waals surface area contributed by atoms with Crippen molar-refractivity contribution in [3.63, 3.8) is 0 Å². The van der Waals surface area contributed by atoms with Gasteiger partial charge in [-0.2, -0.15) is 0 Å². The molecule has 1 aromatic heterocycles. The molecule has 0 bridgehead atoms. The molecule has 4 saturated heterocycles. The molecule has 6 heterocycles. The molecule has 374 valence electrons. The lowest BCUT2D eigenvalue weighted by Crippen LogP contribution is -2.54. The van der Waals surface area contributed by atoms with Crippen molar-refractivity contribution < 1.29 is 42.3 Å². The number of benzene rings is 3. The molecule has 1 aliphatic carbocycles. The number of rotatable bonds is 11. The predicted octanol–water partition coefficient (Wildman–Crippen LogP) is 6.77. The lowest BCUT2D eigenvalue weighted by molar-refractivity contribution is -0.136. The molecule has 5 fully saturated rings. The molecule has 2 atom stereocenters. The van der Waals surface area contributed by atoms with Gasteiger partial charge < -0.3 is 19.9 Å². The Kier molecular flexibility index (Phi) is 14.1. The van der Waals surface area contributed by atoms with E-state index in [0.717, 1.165) is 79.0 Å². The maximum Gasteiger partial charge on any atom is 0.262 e. The summed E-state index contributed by atoms with van der Waals surface area (Å²) in [6.45, 7) is 7.48. The number of nitrogens with zero attached hydrogens (tertiary/aromatic N) is 6. The fraction of sp³-hybridized carbons (Fsp3) is 0.491. The number of carbonyl (C=O) groups is 6. The average Bonchev–Trinajstić information content (AvgIpc) is 3.61. The number of ether oxygens (including phenoxy) is 1. The van der Waals surface area contributed by atoms with Crippen molar-refractivity contribution in [2.75, 3.05) is 69.1 Å². The lowest BCUT2D eigenvalue weighted by atomic mass is 9.73. The van der Waals surface area contributed by atoms with Crippen molar-refractivity contribution >= 4 is 69.3 Å². The van der Waals surface area contributed by atoms with Crippen LogP contribution in [0.1, 0.15) is 103 Å². The molecule has 71 heavy (non-hydrogen) atoms. The predicted molar refractivity (Wildman–Crippen MR) is 262 cm³/mol. The van der Waals surface area contributed by atoms with Crippen LogP contribution in [0.2, 0.25) is 5.02 Å². The average molecular weight is 994 g/mol. The summed E-state index contributed by atoms with van der Waals surface area (Å²) in [5.74, 6) is -2.59. The SMILES string of the molecule is C[C@@H](C(=O)Nc1ccc(Cl)c(OC2CCN(C(=O)CN3CCC(N4CCN(c5cc6c(cc5F)C(=O)N(C5CCC(=O)NC5=O)C6=O)CC4)CC3)CC2)c1)C1CCC(c2ccnc3ccc(F)cc23)CC1. The number of nitrogens with one attached hydrogen (secondary N) is 2. The largest absolute Gasteiger partial charge is 0.489 e. The van der Waals surface area contributed by atoms with Crippen molar-refractivity contribution in [3.05, 3.63) is 94.1 Å². The molecule has 1 unspecified atom stereocenters. The van der Waals surface area contributed by atoms with Crippen molar-refractivity contribution in [2.45, 2.75) is 95.2 Å². The monoisotopic (exact) mass is 992 g/mol. The van der Waals surface area contributed by atoms with Gasteiger partial charge in [-0.1, -0.05) is 18.5 Å². The second kappa shape index (κ2) is 20.6. The van der Waals surface area contributed by atoms with E-state index in [-0.39, 0.29) is 65.2 Å². The van der Waals surface area contributed by atoms with Crippen LogP contribution in [-0.2, 0) is 19.2 Å². The van der Waals surface area contributed by atoms with Gasteiger partial charge in [-0.05, 0) is 111 Å². The number of likely N-dealkylation sites (tertiary alicyclic amines) is 2. The molecule has 18 heteroatoms. The third-order valence-electron chi connectivity index (χ3n) is 16.0. The van der Waals surface area contributed by atoms with Crippen molar-refractivity contribution in [3.8, 4) is 5.75 Å². The highest BCUT2D eigenvalue weighted by Gasteiger charge is 2.45. The summed E-state index contributed by atoms with van der Waals surface area (Å²) in [6, 6.07) is 13.7. The highest BCUT2D eigenvalue weighted by atomic mass is 35.5. The summed E-state index contributed by atoms with van der Waals surface area (Å²) in [7, 11) is 0. The Hall–Kier alpha value is -6.04. The van der Waals surface area contributed by atoms with Gasteiger partial charge in [-0.25, -0.2) is 8.78 Å². The maximum absolute atomic E-state index is 15.5. The Labute approximate surface area is 416 Å². The van der Waals surface area contributed by atoms with Gasteiger partial charge >= 0.3 is 0 Å². The zero-order valence-electron chi connectivity index (χ0n) is 39.8. The van der Waals surface area contributed by atoms with Gasteiger partial charge in [-0.15, -0.1) is 0 Å². The number of piperidine rings is 3. The van der Waals surface area contributed by atoms with E-state index in [1.807, 2.05) is 22.8 Å². The molecule has 1 saturated carbocycles. The molecule has 0 radical (unpaired) electrons. The Morgan fingerprint density at radius 1 is 0.817 bits per heavy atom. The van der Waals surface area contributed by atoms with Gasteiger partial charge in [0, 0.05) is 107 Å². The zero-order chi connectivity index (χ0) is 49.5. The number of carbonyl (C=O) groups excluding carboxylic acids is 6. The van der Waals surface area contributed by atoms with E-state index < -0.39 is 35.5 Å². The number of fused-ring (bicyclic) bond motifs is 2. The maximum atomic E-state index is 15.5. The van der Waals surface area contributed by atoms with Gasteiger partial charge in [0.25, 0.3) is 11.8 Å². The van der Waals surface area contributed by atoms with Crippen LogP contribution in [-0.4, -0.2) is 137 Å². The Balaban J connectivity index is 0.641. The summed E-state index contributed by atoms with van der Waals surface area (Å²) >= 11 is 6.60. The lowest BCUT2D eigenvalue weighted by Gasteiger charge is -2.43. The van der Waals surface area contributed by atoms with Crippen LogP contribution in [0.3, 0.4) is 0 Å². The molecule has 3 aromatic carbocycles. The number of imide groups is 2. The standard InChI is InChI=1S/C53H59ClF2N8O7/c1-31(32-2-4-33(5-3-32)38-12-17-57-44-9-6-34(55)26-39(38)44)50(67)58-35-7-8-42(54)47(27-35)71-37-15-20-63(21-16-37)49(66)30-60-18-13-36(14-19-60)61-22-24-62(25-23-61)46-29-41-40(28-43(46)56)52(69)64(53(41)70)45-10-11-48(65)59-51(45)68/h6-9,12,17,26-29,31-33,36-37,45H,2-5,10-11,13-16,18-25,30H2,1H3,(H,58,67)(H,59,65,68)/t31-,32?,33?,45?/m1/s1. The van der Waals surface area contributed by atoms with E-state index in [4.69, 9.17) is 16.3 Å². The van der Waals surface area contributed by atoms with E-state index in [0.29, 0.717) is 87.1 Å². The number of hydrogen-bond donors (Lipinski definition) is 2. The number of amides is 6. The van der Waals surface area contributed by atoms with E-state index >= 15 is 4.39 Å². The van der Waals surface area contributed by atoms with Gasteiger partial charge in [0.05, 0.1) is 33.9 Å². The topological polar surface area (TPSA) is 165 Å². The van der Waals surface area contributed by atoms with E-state index in [9.17, 15) is 33.2 Å². The highest BCUT2D eigenvalue weighted by Crippen LogP contribution is 2.42. The second-order valence-corrected chi connectivity index (χ2v) is 20.5. The molecule has 5 aliphatic heterocycles. The first kappa shape index (κ1) is 48.6. The van der Waals surface area contributed by atoms with E-state index in [1.165, 1.54) is 12.1 Å². The molecule has 2 N–H and O–H groups in total. The molecule has 15 nitrogen and oxygen atoms in total. The highest BCUT2D eigenvalue weighted by molar-refractivity contribution is 6.32. The van der Waals surface area contributed by atoms with Crippen LogP contribution in [0.4, 0.5) is 20.2 Å². The molecule has 6 amide bonds. The number of aromatic nitrogens is 1. The fourth-order valence-electron chi connectivity index (χ4n) is 11.8. The summed E-state index contributed by atoms with van der Waals surface area (Å²) < 4.78 is 36.0. The third kappa shape index (κ3) is 10.2. The Morgan fingerprint density at radius 3 is 2.25 bits per heavy atom. The van der Waals surface area contributed by atoms with Gasteiger partial charge in [-0.3, -0.25) is 53.8 Å². The number of hydrogen-bond acceptors (Lipinski definition) is 11. The summed E-state index contributed by atoms with van der Waals surface area (Å²) in [4.78, 5) is 91.4. The normalized spacial score (nSPS) is 23.5. The molecule has 10 rings (SSSR count). The first-order valence-electron chi connectivity index (χ1n) is 25.1. The molecular formula is C53H59ClF2N8O7. The van der Waals surface area contributed by atoms with Crippen LogP contribution < -0.4 is 20.3 Å². The summed E-state index contributed by atoms with van der Waals surface area (Å²) in [6.07, 6.45) is 8.43. The quantitative estimate of drug-likeness (QED) is 0.153. The molecule has 0 spiro atoms. The number of halogens is 3. The minimum atomic E-state index is -1.12. The van der Waals surface area contributed by atoms with E-state index in [2.05, 4.69) is 25.4 Å². The van der Waals surface area contributed by atoms with Gasteiger partial charge in [0.1, 0.15) is 29.5 Å². The first-order valence-corrected chi connectivity index (χ1v) is 25.5. The zero-order valence-corrected chi connectivity index (χ0v) is 40.6. The number of pyridine rings is 1. The smallest absolute Gasteiger partial charge is 0.262 e. The molecule has 6 aliphatic rings. The molecular weight excluding hydrogens is 934 g/mol. The van der Waals surface area contributed by atoms with Crippen molar-refractivity contribution in [2.24, 2.45) is 11.8 Å². The fourth-order valence-corrected chi connectivity index (χ4v) is 11.9. The van der Waals surface area contributed by atoms with Crippen LogP contribution >= 0.6 is 11.6 Å². The Morgan fingerprint density at radius 2 is 1.54 bits per heavy atom. The van der Waals surface area contributed by atoms with Gasteiger partial charge in [0.15, 0.2) is 0 Å². The Bertz CT molecular complexity index is 2750. The second-order valence-electron chi connectivity index (χ2n) is 20.1. The van der Waals surface area contributed by atoms with Crippen LogP contribution in [0, 0.1) is 23.5 Å². The number of anilines is 2. The van der Waals surface area contributed by atoms with Crippen LogP contribution in [0.5, 0.6) is 5.75 Å². The van der Waals surface area contributed by atoms with Crippen molar-refractivity contribution in [1.82, 2.24) is 29.9 Å². The minimum absolute atomic E-state index is 0.00472. The minimum Gasteiger partial charge on any atom is -0.489 e. The van der Waals surface area contributed by atoms with Crippen LogP contribution in [0.15, 0.2) is 60.8 Å². The van der Waals surface area contributed by atoms with Crippen molar-refractivity contribution in [1.29, 1.82) is 0 Å². The first-order chi connectivity index (χ1) is 34.3. The van der Waals surface area contributed by atoms with Crippen LogP contribution in [0.25, 0.3) is 10.9 Å². The van der Waals surface area contributed by atoms with E-state index in [1.54, 1.807) is 36.5 Å². The molecule has 4 aromatic rings. The third-order valence-corrected chi connectivity index (χ3v) is 16.3. The number of piperazine rings is 1.